The SMILES string of the molecule is Cc1c(NC(=O)c2ccc(CO)cc2)nnn1Cc1ccc(Cl)c(Cl)c1. The Bertz CT molecular complexity index is 939. The number of hydrogen-bond donors (Lipinski definition) is 2. The summed E-state index contributed by atoms with van der Waals surface area (Å²) in [6.07, 6.45) is 0. The van der Waals surface area contributed by atoms with Gasteiger partial charge in [0.1, 0.15) is 0 Å². The van der Waals surface area contributed by atoms with E-state index < -0.39 is 0 Å². The average Bonchev–Trinajstić information content (AvgIpc) is 2.98. The maximum atomic E-state index is 12.3. The average molecular weight is 391 g/mol. The number of hydrogen-bond acceptors (Lipinski definition) is 4. The second-order valence-electron chi connectivity index (χ2n) is 5.74. The molecule has 0 bridgehead atoms. The number of aromatic nitrogens is 3. The van der Waals surface area contributed by atoms with Crippen LogP contribution in [0.25, 0.3) is 0 Å². The van der Waals surface area contributed by atoms with E-state index in [4.69, 9.17) is 28.3 Å². The molecule has 0 aliphatic heterocycles. The lowest BCUT2D eigenvalue weighted by Crippen LogP contribution is -2.13. The second kappa shape index (κ2) is 7.86. The smallest absolute Gasteiger partial charge is 0.256 e. The molecule has 3 aromatic rings. The van der Waals surface area contributed by atoms with Gasteiger partial charge in [-0.3, -0.25) is 4.79 Å². The lowest BCUT2D eigenvalue weighted by atomic mass is 10.1. The van der Waals surface area contributed by atoms with Gasteiger partial charge in [-0.25, -0.2) is 4.68 Å². The summed E-state index contributed by atoms with van der Waals surface area (Å²) in [5.74, 6) is 0.0977. The Labute approximate surface area is 160 Å². The fraction of sp³-hybridized carbons (Fsp3) is 0.167. The third-order valence-corrected chi connectivity index (χ3v) is 4.67. The van der Waals surface area contributed by atoms with Crippen LogP contribution in [0.3, 0.4) is 0 Å². The molecule has 0 fully saturated rings. The number of carbonyl (C=O) groups excluding carboxylic acids is 1. The van der Waals surface area contributed by atoms with Crippen LogP contribution in [0.4, 0.5) is 5.82 Å². The first kappa shape index (κ1) is 18.4. The van der Waals surface area contributed by atoms with Crippen molar-refractivity contribution in [2.24, 2.45) is 0 Å². The first-order chi connectivity index (χ1) is 12.5. The molecule has 1 amide bonds. The van der Waals surface area contributed by atoms with E-state index in [-0.39, 0.29) is 12.5 Å². The highest BCUT2D eigenvalue weighted by Gasteiger charge is 2.13. The number of benzene rings is 2. The van der Waals surface area contributed by atoms with E-state index in [1.807, 2.05) is 13.0 Å². The number of rotatable bonds is 5. The molecular weight excluding hydrogens is 375 g/mol. The van der Waals surface area contributed by atoms with Crippen LogP contribution in [0.5, 0.6) is 0 Å². The standard InChI is InChI=1S/C18H16Cl2N4O2/c1-11-17(21-18(26)14-5-2-12(10-25)3-6-14)22-23-24(11)9-13-4-7-15(19)16(20)8-13/h2-8,25H,9-10H2,1H3,(H,21,26). The Morgan fingerprint density at radius 2 is 1.81 bits per heavy atom. The summed E-state index contributed by atoms with van der Waals surface area (Å²) < 4.78 is 1.67. The molecule has 6 nitrogen and oxygen atoms in total. The van der Waals surface area contributed by atoms with Crippen LogP contribution in [0.15, 0.2) is 42.5 Å². The highest BCUT2D eigenvalue weighted by molar-refractivity contribution is 6.42. The van der Waals surface area contributed by atoms with Gasteiger partial charge in [0, 0.05) is 5.56 Å². The van der Waals surface area contributed by atoms with Gasteiger partial charge in [-0.2, -0.15) is 0 Å². The van der Waals surface area contributed by atoms with E-state index in [2.05, 4.69) is 15.6 Å². The highest BCUT2D eigenvalue weighted by Crippen LogP contribution is 2.23. The number of nitrogens with one attached hydrogen (secondary N) is 1. The number of carbonyl (C=O) groups is 1. The Kier molecular flexibility index (Phi) is 5.56. The third kappa shape index (κ3) is 4.04. The van der Waals surface area contributed by atoms with Gasteiger partial charge in [-0.15, -0.1) is 5.10 Å². The van der Waals surface area contributed by atoms with Gasteiger partial charge in [-0.05, 0) is 42.3 Å². The van der Waals surface area contributed by atoms with Gasteiger partial charge >= 0.3 is 0 Å². The maximum absolute atomic E-state index is 12.3. The molecule has 2 N–H and O–H groups in total. The molecule has 134 valence electrons. The molecule has 0 saturated heterocycles. The molecule has 1 aromatic heterocycles. The summed E-state index contributed by atoms with van der Waals surface area (Å²) in [5.41, 5.74) is 2.85. The summed E-state index contributed by atoms with van der Waals surface area (Å²) in [7, 11) is 0. The summed E-state index contributed by atoms with van der Waals surface area (Å²) >= 11 is 12.0. The first-order valence-electron chi connectivity index (χ1n) is 7.83. The fourth-order valence-corrected chi connectivity index (χ4v) is 2.70. The van der Waals surface area contributed by atoms with Crippen molar-refractivity contribution in [1.29, 1.82) is 0 Å². The summed E-state index contributed by atoms with van der Waals surface area (Å²) in [6, 6.07) is 12.0. The Morgan fingerprint density at radius 3 is 2.46 bits per heavy atom. The molecule has 0 saturated carbocycles. The molecule has 3 rings (SSSR count). The lowest BCUT2D eigenvalue weighted by molar-refractivity contribution is 0.102. The van der Waals surface area contributed by atoms with Crippen LogP contribution >= 0.6 is 23.2 Å². The van der Waals surface area contributed by atoms with Gasteiger partial charge in [0.15, 0.2) is 5.82 Å². The van der Waals surface area contributed by atoms with Crippen molar-refractivity contribution in [3.05, 3.63) is 74.9 Å². The van der Waals surface area contributed by atoms with Gasteiger partial charge in [0.05, 0.1) is 28.9 Å². The molecule has 0 aliphatic carbocycles. The normalized spacial score (nSPS) is 10.8. The van der Waals surface area contributed by atoms with Crippen molar-refractivity contribution in [2.75, 3.05) is 5.32 Å². The lowest BCUT2D eigenvalue weighted by Gasteiger charge is -2.06. The molecule has 0 atom stereocenters. The van der Waals surface area contributed by atoms with Crippen molar-refractivity contribution in [1.82, 2.24) is 15.0 Å². The zero-order valence-electron chi connectivity index (χ0n) is 13.9. The van der Waals surface area contributed by atoms with Crippen LogP contribution in [0.2, 0.25) is 10.0 Å². The molecule has 1 heterocycles. The summed E-state index contributed by atoms with van der Waals surface area (Å²) in [5, 5.41) is 20.9. The number of halogens is 2. The van der Waals surface area contributed by atoms with Gasteiger partial charge in [0.25, 0.3) is 5.91 Å². The molecule has 2 aromatic carbocycles. The molecule has 26 heavy (non-hydrogen) atoms. The van der Waals surface area contributed by atoms with Crippen LogP contribution in [0.1, 0.15) is 27.2 Å². The van der Waals surface area contributed by atoms with E-state index in [0.717, 1.165) is 16.8 Å². The molecular formula is C18H16Cl2N4O2. The number of aliphatic hydroxyl groups is 1. The minimum Gasteiger partial charge on any atom is -0.392 e. The van der Waals surface area contributed by atoms with Crippen LogP contribution in [-0.2, 0) is 13.2 Å². The van der Waals surface area contributed by atoms with Crippen molar-refractivity contribution >= 4 is 34.9 Å². The predicted molar refractivity (Wildman–Crippen MR) is 101 cm³/mol. The van der Waals surface area contributed by atoms with Crippen LogP contribution < -0.4 is 5.32 Å². The Morgan fingerprint density at radius 1 is 1.12 bits per heavy atom. The summed E-state index contributed by atoms with van der Waals surface area (Å²) in [6.45, 7) is 2.21. The molecule has 0 aliphatic rings. The molecule has 0 radical (unpaired) electrons. The number of nitrogens with zero attached hydrogens (tertiary/aromatic N) is 3. The van der Waals surface area contributed by atoms with E-state index in [1.54, 1.807) is 41.1 Å². The number of anilines is 1. The van der Waals surface area contributed by atoms with Crippen molar-refractivity contribution in [3.63, 3.8) is 0 Å². The highest BCUT2D eigenvalue weighted by atomic mass is 35.5. The van der Waals surface area contributed by atoms with E-state index >= 15 is 0 Å². The Balaban J connectivity index is 1.73. The minimum absolute atomic E-state index is 0.0654. The second-order valence-corrected chi connectivity index (χ2v) is 6.55. The largest absolute Gasteiger partial charge is 0.392 e. The molecule has 8 heteroatoms. The minimum atomic E-state index is -0.292. The van der Waals surface area contributed by atoms with Crippen molar-refractivity contribution in [2.45, 2.75) is 20.1 Å². The van der Waals surface area contributed by atoms with Gasteiger partial charge < -0.3 is 10.4 Å². The first-order valence-corrected chi connectivity index (χ1v) is 8.58. The quantitative estimate of drug-likeness (QED) is 0.695. The van der Waals surface area contributed by atoms with E-state index in [1.165, 1.54) is 0 Å². The number of amides is 1. The summed E-state index contributed by atoms with van der Waals surface area (Å²) in [4.78, 5) is 12.3. The zero-order valence-corrected chi connectivity index (χ0v) is 15.4. The molecule has 0 spiro atoms. The van der Waals surface area contributed by atoms with Crippen molar-refractivity contribution in [3.8, 4) is 0 Å². The Hall–Kier alpha value is -2.41. The van der Waals surface area contributed by atoms with Crippen LogP contribution in [0, 0.1) is 6.92 Å². The third-order valence-electron chi connectivity index (χ3n) is 3.93. The predicted octanol–water partition coefficient (Wildman–Crippen LogP) is 3.69. The maximum Gasteiger partial charge on any atom is 0.256 e. The number of aliphatic hydroxyl groups excluding tert-OH is 1. The monoisotopic (exact) mass is 390 g/mol. The van der Waals surface area contributed by atoms with E-state index in [9.17, 15) is 4.79 Å². The van der Waals surface area contributed by atoms with Gasteiger partial charge in [0.2, 0.25) is 0 Å². The molecule has 0 unspecified atom stereocenters. The fourth-order valence-electron chi connectivity index (χ4n) is 2.38. The topological polar surface area (TPSA) is 80.0 Å². The van der Waals surface area contributed by atoms with Gasteiger partial charge in [-0.1, -0.05) is 46.6 Å². The van der Waals surface area contributed by atoms with E-state index in [0.29, 0.717) is 28.0 Å². The zero-order chi connectivity index (χ0) is 18.7. The van der Waals surface area contributed by atoms with Crippen molar-refractivity contribution < 1.29 is 9.90 Å². The van der Waals surface area contributed by atoms with Crippen LogP contribution in [-0.4, -0.2) is 26.0 Å².